The molecule has 0 aromatic heterocycles. The van der Waals surface area contributed by atoms with Gasteiger partial charge in [0.15, 0.2) is 0 Å². The average molecular weight is 339 g/mol. The van der Waals surface area contributed by atoms with Crippen LogP contribution in [0.25, 0.3) is 0 Å². The molecular formula is C20H19ClN2O. The lowest BCUT2D eigenvalue weighted by atomic mass is 10.2. The van der Waals surface area contributed by atoms with E-state index in [0.717, 1.165) is 28.5 Å². The second-order valence-corrected chi connectivity index (χ2v) is 5.09. The van der Waals surface area contributed by atoms with E-state index < -0.39 is 0 Å². The summed E-state index contributed by atoms with van der Waals surface area (Å²) < 4.78 is 5.20. The maximum absolute atomic E-state index is 5.20. The van der Waals surface area contributed by atoms with Crippen molar-refractivity contribution in [2.75, 3.05) is 12.4 Å². The number of nitrogens with one attached hydrogen (secondary N) is 2. The zero-order chi connectivity index (χ0) is 15.9. The Bertz CT molecular complexity index is 772. The highest BCUT2D eigenvalue weighted by Crippen LogP contribution is 2.12. The van der Waals surface area contributed by atoms with Crippen LogP contribution in [0.4, 0.5) is 11.4 Å². The van der Waals surface area contributed by atoms with Gasteiger partial charge in [0.1, 0.15) is 17.1 Å². The molecule has 0 fully saturated rings. The Hall–Kier alpha value is -2.78. The second kappa shape index (κ2) is 8.75. The summed E-state index contributed by atoms with van der Waals surface area (Å²) in [4.78, 5) is 3.45. The molecule has 0 radical (unpaired) electrons. The molecule has 0 bridgehead atoms. The minimum atomic E-state index is 0. The zero-order valence-corrected chi connectivity index (χ0v) is 14.1. The normalized spacial score (nSPS) is 10.6. The van der Waals surface area contributed by atoms with Gasteiger partial charge in [-0.1, -0.05) is 36.4 Å². The van der Waals surface area contributed by atoms with Gasteiger partial charge in [-0.2, -0.15) is 0 Å². The highest BCUT2D eigenvalue weighted by Gasteiger charge is 2.11. The summed E-state index contributed by atoms with van der Waals surface area (Å²) in [6.45, 7) is 0. The Morgan fingerprint density at radius 2 is 1.38 bits per heavy atom. The number of para-hydroxylation sites is 1. The van der Waals surface area contributed by atoms with Crippen LogP contribution in [-0.4, -0.2) is 12.9 Å². The van der Waals surface area contributed by atoms with E-state index in [0.29, 0.717) is 0 Å². The van der Waals surface area contributed by atoms with Crippen molar-refractivity contribution in [3.63, 3.8) is 0 Å². The van der Waals surface area contributed by atoms with Crippen molar-refractivity contribution in [3.8, 4) is 5.75 Å². The summed E-state index contributed by atoms with van der Waals surface area (Å²) in [5.74, 6) is 1.77. The molecule has 0 unspecified atom stereocenters. The Balaban J connectivity index is 0.00000208. The van der Waals surface area contributed by atoms with Gasteiger partial charge in [0.25, 0.3) is 5.84 Å². The van der Waals surface area contributed by atoms with E-state index in [1.165, 1.54) is 0 Å². The fourth-order valence-electron chi connectivity index (χ4n) is 2.26. The maximum Gasteiger partial charge on any atom is 0.285 e. The van der Waals surface area contributed by atoms with Crippen LogP contribution in [0.1, 0.15) is 5.56 Å². The molecule has 24 heavy (non-hydrogen) atoms. The van der Waals surface area contributed by atoms with Gasteiger partial charge in [-0.3, -0.25) is 0 Å². The number of anilines is 1. The Kier molecular flexibility index (Phi) is 6.41. The fourth-order valence-corrected chi connectivity index (χ4v) is 2.26. The molecule has 0 saturated carbocycles. The molecule has 3 aromatic carbocycles. The van der Waals surface area contributed by atoms with Crippen molar-refractivity contribution in [2.24, 2.45) is 0 Å². The van der Waals surface area contributed by atoms with E-state index >= 15 is 0 Å². The van der Waals surface area contributed by atoms with Gasteiger partial charge in [-0.05, 0) is 48.5 Å². The van der Waals surface area contributed by atoms with Crippen molar-refractivity contribution in [1.29, 1.82) is 0 Å². The molecule has 3 aromatic rings. The molecule has 122 valence electrons. The van der Waals surface area contributed by atoms with E-state index in [2.05, 4.69) is 22.4 Å². The van der Waals surface area contributed by atoms with E-state index in [-0.39, 0.29) is 12.4 Å². The summed E-state index contributed by atoms with van der Waals surface area (Å²) in [6.07, 6.45) is 0. The molecule has 0 heterocycles. The zero-order valence-electron chi connectivity index (χ0n) is 13.4. The predicted octanol–water partition coefficient (Wildman–Crippen LogP) is -0.0298. The first-order chi connectivity index (χ1) is 11.3. The number of benzene rings is 3. The van der Waals surface area contributed by atoms with Crippen LogP contribution in [0.2, 0.25) is 0 Å². The third-order valence-electron chi connectivity index (χ3n) is 3.46. The quantitative estimate of drug-likeness (QED) is 0.518. The first-order valence-electron chi connectivity index (χ1n) is 7.51. The molecule has 3 nitrogen and oxygen atoms in total. The lowest BCUT2D eigenvalue weighted by Gasteiger charge is -2.04. The maximum atomic E-state index is 5.20. The Morgan fingerprint density at radius 1 is 0.792 bits per heavy atom. The average Bonchev–Trinajstić information content (AvgIpc) is 2.63. The molecule has 0 amide bonds. The number of ether oxygens (including phenoxy) is 1. The van der Waals surface area contributed by atoms with Crippen molar-refractivity contribution in [1.82, 2.24) is 0 Å². The number of amidine groups is 1. The first-order valence-corrected chi connectivity index (χ1v) is 7.51. The van der Waals surface area contributed by atoms with Crippen LogP contribution in [-0.2, 0) is 0 Å². The smallest absolute Gasteiger partial charge is 0.285 e. The number of methoxy groups -OCH3 is 1. The Morgan fingerprint density at radius 3 is 1.96 bits per heavy atom. The monoisotopic (exact) mass is 338 g/mol. The lowest BCUT2D eigenvalue weighted by Crippen LogP contribution is -3.00. The van der Waals surface area contributed by atoms with Gasteiger partial charge < -0.3 is 17.1 Å². The number of rotatable bonds is 4. The van der Waals surface area contributed by atoms with Crippen LogP contribution < -0.4 is 27.5 Å². The largest absolute Gasteiger partial charge is 1.00 e. The molecule has 3 rings (SSSR count). The minimum absolute atomic E-state index is 0. The molecule has 0 aliphatic rings. The highest BCUT2D eigenvalue weighted by atomic mass is 35.5. The molecule has 0 spiro atoms. The summed E-state index contributed by atoms with van der Waals surface area (Å²) in [7, 11) is 1.67. The van der Waals surface area contributed by atoms with Crippen LogP contribution in [0.3, 0.4) is 0 Å². The van der Waals surface area contributed by atoms with E-state index in [4.69, 9.17) is 4.74 Å². The van der Waals surface area contributed by atoms with E-state index in [9.17, 15) is 0 Å². The van der Waals surface area contributed by atoms with Crippen LogP contribution >= 0.6 is 0 Å². The first kappa shape index (κ1) is 17.6. The molecule has 0 aliphatic carbocycles. The van der Waals surface area contributed by atoms with Crippen molar-refractivity contribution >= 4 is 17.2 Å². The molecule has 0 saturated heterocycles. The summed E-state index contributed by atoms with van der Waals surface area (Å²) in [6, 6.07) is 28.2. The summed E-state index contributed by atoms with van der Waals surface area (Å²) in [5, 5.41) is 3.45. The summed E-state index contributed by atoms with van der Waals surface area (Å²) >= 11 is 0. The fraction of sp³-hybridized carbons (Fsp3) is 0.0500. The van der Waals surface area contributed by atoms with Crippen molar-refractivity contribution in [3.05, 3.63) is 90.5 Å². The molecule has 2 N–H and O–H groups in total. The minimum Gasteiger partial charge on any atom is -1.00 e. The molecular weight excluding hydrogens is 320 g/mol. The standard InChI is InChI=1S/C20H18N2O.ClH/c1-23-19-14-12-18(13-15-19)22-20(16-8-4-2-5-9-16)21-17-10-6-3-7-11-17;/h2-15H,1H3,(H,21,22);1H. The molecule has 0 atom stereocenters. The number of halogens is 1. The van der Waals surface area contributed by atoms with Gasteiger partial charge in [-0.15, -0.1) is 0 Å². The number of hydrogen-bond donors (Lipinski definition) is 2. The van der Waals surface area contributed by atoms with E-state index in [1.54, 1.807) is 7.11 Å². The van der Waals surface area contributed by atoms with Gasteiger partial charge in [0.05, 0.1) is 12.7 Å². The van der Waals surface area contributed by atoms with Crippen LogP contribution in [0.5, 0.6) is 5.75 Å². The van der Waals surface area contributed by atoms with Gasteiger partial charge in [0, 0.05) is 0 Å². The second-order valence-electron chi connectivity index (χ2n) is 5.09. The highest BCUT2D eigenvalue weighted by molar-refractivity contribution is 6.04. The van der Waals surface area contributed by atoms with Crippen molar-refractivity contribution < 1.29 is 22.1 Å². The van der Waals surface area contributed by atoms with Crippen molar-refractivity contribution in [2.45, 2.75) is 0 Å². The van der Waals surface area contributed by atoms with Crippen LogP contribution in [0.15, 0.2) is 84.9 Å². The van der Waals surface area contributed by atoms with E-state index in [1.807, 2.05) is 72.8 Å². The van der Waals surface area contributed by atoms with Gasteiger partial charge in [0.2, 0.25) is 0 Å². The summed E-state index contributed by atoms with van der Waals surface area (Å²) in [5.41, 5.74) is 3.12. The number of hydrogen-bond acceptors (Lipinski definition) is 1. The third-order valence-corrected chi connectivity index (χ3v) is 3.46. The lowest BCUT2D eigenvalue weighted by molar-refractivity contribution is -0.353. The predicted molar refractivity (Wildman–Crippen MR) is 94.2 cm³/mol. The SMILES string of the molecule is COc1ccc([NH+]=C(Nc2ccccc2)c2ccccc2)cc1.[Cl-]. The van der Waals surface area contributed by atoms with Gasteiger partial charge >= 0.3 is 0 Å². The molecule has 0 aliphatic heterocycles. The molecule has 4 heteroatoms. The van der Waals surface area contributed by atoms with Gasteiger partial charge in [-0.25, -0.2) is 10.3 Å². The Labute approximate surface area is 148 Å². The van der Waals surface area contributed by atoms with Crippen LogP contribution in [0, 0.1) is 0 Å². The topological polar surface area (TPSA) is 35.2 Å². The third kappa shape index (κ3) is 4.61.